The van der Waals surface area contributed by atoms with Crippen LogP contribution in [0.25, 0.3) is 0 Å². The molecule has 0 aromatic rings. The van der Waals surface area contributed by atoms with E-state index in [-0.39, 0.29) is 0 Å². The first-order valence-electron chi connectivity index (χ1n) is 2.53. The quantitative estimate of drug-likeness (QED) is 0.447. The zero-order chi connectivity index (χ0) is 5.54. The maximum absolute atomic E-state index is 9.62. The van der Waals surface area contributed by atoms with Gasteiger partial charge in [0, 0.05) is 0 Å². The van der Waals surface area contributed by atoms with E-state index in [9.17, 15) is 8.78 Å². The Morgan fingerprint density at radius 3 is 1.00 bits per heavy atom. The largest absolute Gasteiger partial charge is 0.229 e. The van der Waals surface area contributed by atoms with E-state index >= 15 is 0 Å². The van der Waals surface area contributed by atoms with Crippen LogP contribution in [0.2, 0.25) is 0 Å². The van der Waals surface area contributed by atoms with Gasteiger partial charge in [-0.25, -0.2) is 8.78 Å². The highest BCUT2D eigenvalue weighted by Gasteiger charge is 1.95. The van der Waals surface area contributed by atoms with Gasteiger partial charge in [-0.2, -0.15) is 0 Å². The maximum Gasteiger partial charge on any atom is 0.229 e. The Bertz CT molecular complexity index is 21.3. The lowest BCUT2D eigenvalue weighted by molar-refractivity contribution is 0.295. The molecule has 0 radical (unpaired) electrons. The van der Waals surface area contributed by atoms with Crippen molar-refractivity contribution in [2.75, 3.05) is 6.93 Å². The van der Waals surface area contributed by atoms with Gasteiger partial charge in [0.25, 0.3) is 0 Å². The summed E-state index contributed by atoms with van der Waals surface area (Å²) in [6, 6.07) is 0. The van der Waals surface area contributed by atoms with E-state index in [0.717, 1.165) is 0 Å². The van der Waals surface area contributed by atoms with Crippen LogP contribution in [0.3, 0.4) is 0 Å². The molecule has 1 aliphatic carbocycles. The Kier molecular flexibility index (Phi) is 5.74. The highest BCUT2D eigenvalue weighted by molar-refractivity contribution is 4.50. The zero-order valence-electron chi connectivity index (χ0n) is 4.29. The van der Waals surface area contributed by atoms with Gasteiger partial charge in [0.1, 0.15) is 0 Å². The van der Waals surface area contributed by atoms with Crippen LogP contribution in [0.1, 0.15) is 25.7 Å². The van der Waals surface area contributed by atoms with Crippen molar-refractivity contribution < 1.29 is 8.78 Å². The molecular formula is C5H10F2. The molecule has 0 bridgehead atoms. The van der Waals surface area contributed by atoms with Gasteiger partial charge >= 0.3 is 0 Å². The molecule has 1 fully saturated rings. The molecule has 7 heavy (non-hydrogen) atoms. The Morgan fingerprint density at radius 1 is 0.857 bits per heavy atom. The SMILES string of the molecule is C1CCC1.FCF. The topological polar surface area (TPSA) is 0 Å². The lowest BCUT2D eigenvalue weighted by Crippen LogP contribution is -1.85. The molecule has 0 aromatic heterocycles. The van der Waals surface area contributed by atoms with E-state index in [2.05, 4.69) is 0 Å². The number of hydrogen-bond acceptors (Lipinski definition) is 0. The van der Waals surface area contributed by atoms with Crippen LogP contribution < -0.4 is 0 Å². The van der Waals surface area contributed by atoms with Gasteiger partial charge < -0.3 is 0 Å². The van der Waals surface area contributed by atoms with Crippen LogP contribution >= 0.6 is 0 Å². The van der Waals surface area contributed by atoms with Crippen molar-refractivity contribution in [3.8, 4) is 0 Å². The molecular weight excluding hydrogens is 98.1 g/mol. The molecule has 2 heteroatoms. The first-order valence-corrected chi connectivity index (χ1v) is 2.53. The summed E-state index contributed by atoms with van der Waals surface area (Å²) in [5.41, 5.74) is 0. The average Bonchev–Trinajstić information content (AvgIpc) is 1.27. The minimum atomic E-state index is -1.75. The van der Waals surface area contributed by atoms with Crippen molar-refractivity contribution in [3.05, 3.63) is 0 Å². The fourth-order valence-electron chi connectivity index (χ4n) is 0.250. The predicted octanol–water partition coefficient (Wildman–Crippen LogP) is 2.44. The lowest BCUT2D eigenvalue weighted by Gasteiger charge is -2.05. The fourth-order valence-corrected chi connectivity index (χ4v) is 0.250. The van der Waals surface area contributed by atoms with Crippen LogP contribution in [0.15, 0.2) is 0 Å². The molecule has 0 unspecified atom stereocenters. The van der Waals surface area contributed by atoms with Gasteiger partial charge in [0.05, 0.1) is 0 Å². The summed E-state index contributed by atoms with van der Waals surface area (Å²) in [7, 11) is 0. The summed E-state index contributed by atoms with van der Waals surface area (Å²) in [6.45, 7) is -1.75. The molecule has 0 heterocycles. The van der Waals surface area contributed by atoms with E-state index in [1.165, 1.54) is 25.7 Å². The van der Waals surface area contributed by atoms with Crippen molar-refractivity contribution in [2.24, 2.45) is 0 Å². The third-order valence-electron chi connectivity index (χ3n) is 1.000. The van der Waals surface area contributed by atoms with Gasteiger partial charge in [-0.15, -0.1) is 0 Å². The second kappa shape index (κ2) is 5.86. The Labute approximate surface area is 42.5 Å². The number of rotatable bonds is 0. The molecule has 1 rings (SSSR count). The molecule has 0 spiro atoms. The van der Waals surface area contributed by atoms with Crippen molar-refractivity contribution in [3.63, 3.8) is 0 Å². The molecule has 0 atom stereocenters. The van der Waals surface area contributed by atoms with Crippen LogP contribution in [0, 0.1) is 0 Å². The van der Waals surface area contributed by atoms with E-state index < -0.39 is 6.93 Å². The smallest absolute Gasteiger partial charge is 0.214 e. The number of alkyl halides is 2. The Morgan fingerprint density at radius 2 is 1.00 bits per heavy atom. The standard InChI is InChI=1S/C4H8.CH2F2/c1-2-4-3-1;2-1-3/h1-4H2;1H2. The zero-order valence-corrected chi connectivity index (χ0v) is 4.29. The van der Waals surface area contributed by atoms with Gasteiger partial charge in [-0.3, -0.25) is 0 Å². The summed E-state index contributed by atoms with van der Waals surface area (Å²) >= 11 is 0. The summed E-state index contributed by atoms with van der Waals surface area (Å²) in [6.07, 6.45) is 6.00. The lowest BCUT2D eigenvalue weighted by atomic mass is 10.0. The minimum absolute atomic E-state index is 1.50. The minimum Gasteiger partial charge on any atom is -0.214 e. The van der Waals surface area contributed by atoms with Gasteiger partial charge in [0.15, 0.2) is 0 Å². The highest BCUT2D eigenvalue weighted by Crippen LogP contribution is 2.15. The van der Waals surface area contributed by atoms with E-state index in [0.29, 0.717) is 0 Å². The van der Waals surface area contributed by atoms with Crippen LogP contribution in [-0.2, 0) is 0 Å². The Hall–Kier alpha value is -0.140. The fraction of sp³-hybridized carbons (Fsp3) is 1.00. The normalized spacial score (nSPS) is 16.3. The summed E-state index contributed by atoms with van der Waals surface area (Å²) in [4.78, 5) is 0. The van der Waals surface area contributed by atoms with E-state index in [4.69, 9.17) is 0 Å². The van der Waals surface area contributed by atoms with Crippen LogP contribution in [0.5, 0.6) is 0 Å². The van der Waals surface area contributed by atoms with E-state index in [1.54, 1.807) is 0 Å². The first kappa shape index (κ1) is 6.86. The molecule has 0 amide bonds. The second-order valence-electron chi connectivity index (χ2n) is 1.52. The van der Waals surface area contributed by atoms with Crippen LogP contribution in [-0.4, -0.2) is 6.93 Å². The van der Waals surface area contributed by atoms with E-state index in [1.807, 2.05) is 0 Å². The predicted molar refractivity (Wildman–Crippen MR) is 25.6 cm³/mol. The molecule has 0 nitrogen and oxygen atoms in total. The highest BCUT2D eigenvalue weighted by atomic mass is 19.3. The first-order chi connectivity index (χ1) is 3.41. The van der Waals surface area contributed by atoms with Crippen LogP contribution in [0.4, 0.5) is 8.78 Å². The van der Waals surface area contributed by atoms with Crippen molar-refractivity contribution in [1.82, 2.24) is 0 Å². The molecule has 44 valence electrons. The van der Waals surface area contributed by atoms with Crippen molar-refractivity contribution in [1.29, 1.82) is 0 Å². The third-order valence-corrected chi connectivity index (χ3v) is 1.000. The molecule has 1 aliphatic rings. The van der Waals surface area contributed by atoms with Crippen molar-refractivity contribution in [2.45, 2.75) is 25.7 Å². The summed E-state index contributed by atoms with van der Waals surface area (Å²) in [5, 5.41) is 0. The molecule has 0 N–H and O–H groups in total. The molecule has 0 saturated heterocycles. The van der Waals surface area contributed by atoms with Gasteiger partial charge in [0.2, 0.25) is 6.93 Å². The average molecular weight is 108 g/mol. The summed E-state index contributed by atoms with van der Waals surface area (Å²) < 4.78 is 19.2. The summed E-state index contributed by atoms with van der Waals surface area (Å²) in [5.74, 6) is 0. The van der Waals surface area contributed by atoms with Crippen molar-refractivity contribution >= 4 is 0 Å². The Balaban J connectivity index is 0.000000110. The third kappa shape index (κ3) is 5.86. The maximum atomic E-state index is 9.62. The molecule has 0 aliphatic heterocycles. The number of halogens is 2. The molecule has 1 saturated carbocycles. The second-order valence-corrected chi connectivity index (χ2v) is 1.52. The van der Waals surface area contributed by atoms with Gasteiger partial charge in [-0.1, -0.05) is 25.7 Å². The van der Waals surface area contributed by atoms with Gasteiger partial charge in [-0.05, 0) is 0 Å². The monoisotopic (exact) mass is 108 g/mol. The molecule has 0 aromatic carbocycles. The number of hydrogen-bond donors (Lipinski definition) is 0.